The Bertz CT molecular complexity index is 699. The number of methoxy groups -OCH3 is 1. The molecule has 134 valence electrons. The Morgan fingerprint density at radius 2 is 1.96 bits per heavy atom. The van der Waals surface area contributed by atoms with Crippen LogP contribution in [-0.4, -0.2) is 47.5 Å². The van der Waals surface area contributed by atoms with Gasteiger partial charge in [0, 0.05) is 13.5 Å². The second-order valence-electron chi connectivity index (χ2n) is 5.27. The lowest BCUT2D eigenvalue weighted by molar-refractivity contribution is -0.116. The van der Waals surface area contributed by atoms with Crippen molar-refractivity contribution in [3.8, 4) is 5.75 Å². The number of hydrogen-bond acceptors (Lipinski definition) is 6. The quantitative estimate of drug-likeness (QED) is 0.547. The third kappa shape index (κ3) is 5.88. The van der Waals surface area contributed by atoms with Crippen LogP contribution in [0.2, 0.25) is 0 Å². The number of rotatable bonds is 10. The molecule has 25 heavy (non-hydrogen) atoms. The number of anilines is 1. The monoisotopic (exact) mass is 347 g/mol. The second-order valence-corrected chi connectivity index (χ2v) is 5.27. The Kier molecular flexibility index (Phi) is 6.90. The summed E-state index contributed by atoms with van der Waals surface area (Å²) < 4.78 is 10.6. The zero-order valence-electron chi connectivity index (χ0n) is 13.9. The van der Waals surface area contributed by atoms with Crippen molar-refractivity contribution in [3.05, 3.63) is 35.5 Å². The SMILES string of the molecule is COCCc1ccc(OCCCC(=O)Nc2n[nH]nc2C(N)=O)cc1. The maximum absolute atomic E-state index is 11.8. The molecular formula is C16H21N5O4. The number of amides is 2. The van der Waals surface area contributed by atoms with Crippen molar-refractivity contribution in [2.24, 2.45) is 5.73 Å². The van der Waals surface area contributed by atoms with Crippen LogP contribution in [0.5, 0.6) is 5.75 Å². The van der Waals surface area contributed by atoms with Crippen LogP contribution >= 0.6 is 0 Å². The van der Waals surface area contributed by atoms with E-state index in [1.807, 2.05) is 24.3 Å². The molecule has 0 saturated heterocycles. The molecule has 4 N–H and O–H groups in total. The number of nitrogens with one attached hydrogen (secondary N) is 2. The van der Waals surface area contributed by atoms with Crippen molar-refractivity contribution >= 4 is 17.6 Å². The molecule has 9 heteroatoms. The number of carbonyl (C=O) groups excluding carboxylic acids is 2. The minimum atomic E-state index is -0.763. The third-order valence-corrected chi connectivity index (χ3v) is 3.37. The van der Waals surface area contributed by atoms with E-state index in [1.54, 1.807) is 7.11 Å². The van der Waals surface area contributed by atoms with Crippen LogP contribution < -0.4 is 15.8 Å². The summed E-state index contributed by atoms with van der Waals surface area (Å²) in [6.07, 6.45) is 1.59. The molecule has 0 radical (unpaired) electrons. The van der Waals surface area contributed by atoms with Crippen molar-refractivity contribution in [1.82, 2.24) is 15.4 Å². The number of aromatic nitrogens is 3. The lowest BCUT2D eigenvalue weighted by Gasteiger charge is -2.07. The predicted molar refractivity (Wildman–Crippen MR) is 90.3 cm³/mol. The third-order valence-electron chi connectivity index (χ3n) is 3.37. The average Bonchev–Trinajstić information content (AvgIpc) is 3.06. The summed E-state index contributed by atoms with van der Waals surface area (Å²) in [5.74, 6) is -0.282. The Morgan fingerprint density at radius 1 is 1.20 bits per heavy atom. The molecule has 0 unspecified atom stereocenters. The fourth-order valence-electron chi connectivity index (χ4n) is 2.08. The molecule has 0 saturated carbocycles. The van der Waals surface area contributed by atoms with Crippen LogP contribution in [0.1, 0.15) is 28.9 Å². The van der Waals surface area contributed by atoms with E-state index in [-0.39, 0.29) is 23.8 Å². The van der Waals surface area contributed by atoms with Crippen molar-refractivity contribution in [3.63, 3.8) is 0 Å². The summed E-state index contributed by atoms with van der Waals surface area (Å²) in [4.78, 5) is 22.9. The summed E-state index contributed by atoms with van der Waals surface area (Å²) >= 11 is 0. The van der Waals surface area contributed by atoms with E-state index in [0.29, 0.717) is 19.6 Å². The number of nitrogens with two attached hydrogens (primary N) is 1. The van der Waals surface area contributed by atoms with Gasteiger partial charge in [0.05, 0.1) is 13.2 Å². The molecule has 0 fully saturated rings. The fraction of sp³-hybridized carbons (Fsp3) is 0.375. The topological polar surface area (TPSA) is 132 Å². The number of hydrogen-bond donors (Lipinski definition) is 3. The lowest BCUT2D eigenvalue weighted by atomic mass is 10.1. The van der Waals surface area contributed by atoms with Crippen LogP contribution in [-0.2, 0) is 16.0 Å². The molecule has 0 aliphatic rings. The van der Waals surface area contributed by atoms with E-state index in [1.165, 1.54) is 5.56 Å². The summed E-state index contributed by atoms with van der Waals surface area (Å²) in [5, 5.41) is 12.0. The van der Waals surface area contributed by atoms with Crippen LogP contribution in [0.15, 0.2) is 24.3 Å². The van der Waals surface area contributed by atoms with E-state index in [9.17, 15) is 9.59 Å². The molecule has 2 rings (SSSR count). The minimum absolute atomic E-state index is 0.0325. The first-order valence-electron chi connectivity index (χ1n) is 7.81. The maximum Gasteiger partial charge on any atom is 0.273 e. The van der Waals surface area contributed by atoms with Gasteiger partial charge in [0.15, 0.2) is 11.5 Å². The Balaban J connectivity index is 1.69. The average molecular weight is 347 g/mol. The van der Waals surface area contributed by atoms with Gasteiger partial charge in [-0.1, -0.05) is 12.1 Å². The van der Waals surface area contributed by atoms with Crippen LogP contribution in [0, 0.1) is 0 Å². The second kappa shape index (κ2) is 9.38. The van der Waals surface area contributed by atoms with Gasteiger partial charge in [-0.3, -0.25) is 9.59 Å². The van der Waals surface area contributed by atoms with E-state index in [4.69, 9.17) is 15.2 Å². The Morgan fingerprint density at radius 3 is 2.64 bits per heavy atom. The lowest BCUT2D eigenvalue weighted by Crippen LogP contribution is -2.18. The number of ether oxygens (including phenoxy) is 2. The first kappa shape index (κ1) is 18.4. The van der Waals surface area contributed by atoms with Gasteiger partial charge in [0.25, 0.3) is 5.91 Å². The zero-order chi connectivity index (χ0) is 18.1. The molecule has 0 bridgehead atoms. The molecular weight excluding hydrogens is 326 g/mol. The predicted octanol–water partition coefficient (Wildman–Crippen LogP) is 0.890. The Labute approximate surface area is 144 Å². The zero-order valence-corrected chi connectivity index (χ0v) is 13.9. The molecule has 1 aromatic heterocycles. The molecule has 0 aliphatic carbocycles. The molecule has 0 atom stereocenters. The van der Waals surface area contributed by atoms with E-state index in [0.717, 1.165) is 12.2 Å². The highest BCUT2D eigenvalue weighted by Crippen LogP contribution is 2.13. The van der Waals surface area contributed by atoms with Crippen LogP contribution in [0.25, 0.3) is 0 Å². The van der Waals surface area contributed by atoms with Gasteiger partial charge < -0.3 is 20.5 Å². The highest BCUT2D eigenvalue weighted by molar-refractivity contribution is 6.00. The van der Waals surface area contributed by atoms with Gasteiger partial charge in [-0.15, -0.1) is 10.2 Å². The largest absolute Gasteiger partial charge is 0.494 e. The minimum Gasteiger partial charge on any atom is -0.494 e. The number of primary amides is 1. The van der Waals surface area contributed by atoms with Crippen molar-refractivity contribution in [2.45, 2.75) is 19.3 Å². The van der Waals surface area contributed by atoms with Gasteiger partial charge in [-0.2, -0.15) is 5.21 Å². The van der Waals surface area contributed by atoms with Crippen molar-refractivity contribution < 1.29 is 19.1 Å². The standard InChI is InChI=1S/C16H21N5O4/c1-24-10-8-11-4-6-12(7-5-11)25-9-2-3-13(22)18-16-14(15(17)23)19-21-20-16/h4-7H,2-3,8-10H2,1H3,(H2,17,23)(H2,18,19,20,21,22). The number of carbonyl (C=O) groups is 2. The molecule has 1 heterocycles. The Hall–Kier alpha value is -2.94. The number of benzene rings is 1. The molecule has 1 aromatic carbocycles. The molecule has 0 aliphatic heterocycles. The van der Waals surface area contributed by atoms with E-state index >= 15 is 0 Å². The summed E-state index contributed by atoms with van der Waals surface area (Å²) in [5.41, 5.74) is 6.19. The van der Waals surface area contributed by atoms with E-state index < -0.39 is 5.91 Å². The number of nitrogens with zero attached hydrogens (tertiary/aromatic N) is 2. The first-order chi connectivity index (χ1) is 12.1. The maximum atomic E-state index is 11.8. The van der Waals surface area contributed by atoms with Gasteiger partial charge >= 0.3 is 0 Å². The van der Waals surface area contributed by atoms with Gasteiger partial charge in [0.2, 0.25) is 5.91 Å². The van der Waals surface area contributed by atoms with Crippen LogP contribution in [0.3, 0.4) is 0 Å². The molecule has 0 spiro atoms. The first-order valence-corrected chi connectivity index (χ1v) is 7.81. The number of H-pyrrole nitrogens is 1. The fourth-order valence-corrected chi connectivity index (χ4v) is 2.08. The van der Waals surface area contributed by atoms with Gasteiger partial charge in [-0.05, 0) is 30.5 Å². The highest BCUT2D eigenvalue weighted by atomic mass is 16.5. The highest BCUT2D eigenvalue weighted by Gasteiger charge is 2.15. The van der Waals surface area contributed by atoms with Crippen molar-refractivity contribution in [2.75, 3.05) is 25.6 Å². The molecule has 2 aromatic rings. The van der Waals surface area contributed by atoms with Gasteiger partial charge in [-0.25, -0.2) is 0 Å². The molecule has 2 amide bonds. The number of aromatic amines is 1. The summed E-state index contributed by atoms with van der Waals surface area (Å²) in [6.45, 7) is 1.07. The smallest absolute Gasteiger partial charge is 0.273 e. The van der Waals surface area contributed by atoms with Crippen molar-refractivity contribution in [1.29, 1.82) is 0 Å². The normalized spacial score (nSPS) is 10.4. The summed E-state index contributed by atoms with van der Waals surface area (Å²) in [6, 6.07) is 7.74. The molecule has 9 nitrogen and oxygen atoms in total. The summed E-state index contributed by atoms with van der Waals surface area (Å²) in [7, 11) is 1.67. The van der Waals surface area contributed by atoms with Crippen LogP contribution in [0.4, 0.5) is 5.82 Å². The van der Waals surface area contributed by atoms with Gasteiger partial charge in [0.1, 0.15) is 5.75 Å². The van der Waals surface area contributed by atoms with E-state index in [2.05, 4.69) is 20.7 Å².